The van der Waals surface area contributed by atoms with Crippen molar-refractivity contribution in [1.29, 1.82) is 0 Å². The van der Waals surface area contributed by atoms with Gasteiger partial charge in [0.25, 0.3) is 5.56 Å². The SMILES string of the molecule is Cc1cc2c(=O)n(CCNc3cccc(Cl)c3)ccn2n1. The van der Waals surface area contributed by atoms with E-state index in [4.69, 9.17) is 11.6 Å². The number of hydrogen-bond donors (Lipinski definition) is 1. The predicted octanol–water partition coefficient (Wildman–Crippen LogP) is 2.57. The van der Waals surface area contributed by atoms with Crippen molar-refractivity contribution in [3.8, 4) is 0 Å². The van der Waals surface area contributed by atoms with E-state index in [1.165, 1.54) is 0 Å². The van der Waals surface area contributed by atoms with Crippen LogP contribution in [0.2, 0.25) is 5.02 Å². The number of anilines is 1. The van der Waals surface area contributed by atoms with Crippen LogP contribution in [0, 0.1) is 6.92 Å². The van der Waals surface area contributed by atoms with Crippen molar-refractivity contribution < 1.29 is 0 Å². The molecule has 0 saturated carbocycles. The smallest absolute Gasteiger partial charge is 0.276 e. The second kappa shape index (κ2) is 5.61. The van der Waals surface area contributed by atoms with Crippen LogP contribution in [0.1, 0.15) is 5.69 Å². The first kappa shape index (κ1) is 13.7. The van der Waals surface area contributed by atoms with Crippen LogP contribution in [-0.2, 0) is 6.54 Å². The van der Waals surface area contributed by atoms with Crippen molar-refractivity contribution in [2.75, 3.05) is 11.9 Å². The average Bonchev–Trinajstić information content (AvgIpc) is 2.83. The van der Waals surface area contributed by atoms with Crippen LogP contribution in [0.25, 0.3) is 5.52 Å². The second-order valence-corrected chi connectivity index (χ2v) is 5.29. The molecule has 0 aliphatic heterocycles. The van der Waals surface area contributed by atoms with E-state index in [2.05, 4.69) is 10.4 Å². The Bertz CT molecular complexity index is 837. The van der Waals surface area contributed by atoms with E-state index >= 15 is 0 Å². The molecule has 0 radical (unpaired) electrons. The molecule has 2 aromatic heterocycles. The van der Waals surface area contributed by atoms with Gasteiger partial charge in [-0.05, 0) is 31.2 Å². The van der Waals surface area contributed by atoms with Gasteiger partial charge in [-0.1, -0.05) is 17.7 Å². The van der Waals surface area contributed by atoms with Gasteiger partial charge in [0.1, 0.15) is 5.52 Å². The Kier molecular flexibility index (Phi) is 3.66. The third-order valence-electron chi connectivity index (χ3n) is 3.23. The average molecular weight is 303 g/mol. The Labute approximate surface area is 126 Å². The van der Waals surface area contributed by atoms with E-state index in [-0.39, 0.29) is 5.56 Å². The zero-order valence-electron chi connectivity index (χ0n) is 11.6. The summed E-state index contributed by atoms with van der Waals surface area (Å²) in [6, 6.07) is 9.31. The number of aromatic nitrogens is 3. The normalized spacial score (nSPS) is 11.0. The maximum absolute atomic E-state index is 12.3. The first-order valence-electron chi connectivity index (χ1n) is 6.68. The molecule has 0 aliphatic rings. The lowest BCUT2D eigenvalue weighted by Crippen LogP contribution is -2.24. The lowest BCUT2D eigenvalue weighted by atomic mass is 10.3. The number of nitrogens with one attached hydrogen (secondary N) is 1. The molecular weight excluding hydrogens is 288 g/mol. The summed E-state index contributed by atoms with van der Waals surface area (Å²) < 4.78 is 3.28. The molecule has 21 heavy (non-hydrogen) atoms. The van der Waals surface area contributed by atoms with Gasteiger partial charge in [-0.15, -0.1) is 0 Å². The molecule has 0 amide bonds. The molecule has 5 nitrogen and oxygen atoms in total. The van der Waals surface area contributed by atoms with Gasteiger partial charge in [-0.25, -0.2) is 4.52 Å². The Morgan fingerprint density at radius 3 is 2.95 bits per heavy atom. The summed E-state index contributed by atoms with van der Waals surface area (Å²) in [6.45, 7) is 3.09. The molecule has 3 aromatic rings. The molecule has 0 saturated heterocycles. The number of nitrogens with zero attached hydrogens (tertiary/aromatic N) is 3. The topological polar surface area (TPSA) is 51.3 Å². The number of benzene rings is 1. The fraction of sp³-hybridized carbons (Fsp3) is 0.200. The monoisotopic (exact) mass is 302 g/mol. The van der Waals surface area contributed by atoms with Crippen molar-refractivity contribution in [2.45, 2.75) is 13.5 Å². The Hall–Kier alpha value is -2.27. The van der Waals surface area contributed by atoms with Gasteiger partial charge in [0.2, 0.25) is 0 Å². The number of aryl methyl sites for hydroxylation is 1. The van der Waals surface area contributed by atoms with Crippen LogP contribution in [0.15, 0.2) is 47.5 Å². The van der Waals surface area contributed by atoms with E-state index in [1.54, 1.807) is 27.5 Å². The molecule has 6 heteroatoms. The third kappa shape index (κ3) is 2.92. The molecule has 0 unspecified atom stereocenters. The minimum absolute atomic E-state index is 0.0361. The fourth-order valence-electron chi connectivity index (χ4n) is 2.24. The van der Waals surface area contributed by atoms with E-state index in [1.807, 2.05) is 31.2 Å². The molecule has 108 valence electrons. The van der Waals surface area contributed by atoms with E-state index < -0.39 is 0 Å². The highest BCUT2D eigenvalue weighted by atomic mass is 35.5. The minimum atomic E-state index is -0.0361. The van der Waals surface area contributed by atoms with Crippen LogP contribution in [-0.4, -0.2) is 20.7 Å². The lowest BCUT2D eigenvalue weighted by Gasteiger charge is -2.09. The van der Waals surface area contributed by atoms with Gasteiger partial charge >= 0.3 is 0 Å². The maximum atomic E-state index is 12.3. The first-order chi connectivity index (χ1) is 10.1. The fourth-order valence-corrected chi connectivity index (χ4v) is 2.43. The molecule has 2 heterocycles. The number of hydrogen-bond acceptors (Lipinski definition) is 3. The van der Waals surface area contributed by atoms with Crippen LogP contribution in [0.3, 0.4) is 0 Å². The standard InChI is InChI=1S/C15H15ClN4O/c1-11-9-14-15(21)19(7-8-20(14)18-11)6-5-17-13-4-2-3-12(16)10-13/h2-4,7-10,17H,5-6H2,1H3. The van der Waals surface area contributed by atoms with Crippen molar-refractivity contribution in [3.05, 3.63) is 63.8 Å². The van der Waals surface area contributed by atoms with Crippen LogP contribution in [0.4, 0.5) is 5.69 Å². The molecule has 0 atom stereocenters. The number of rotatable bonds is 4. The minimum Gasteiger partial charge on any atom is -0.383 e. The molecule has 0 bridgehead atoms. The number of halogens is 1. The highest BCUT2D eigenvalue weighted by Crippen LogP contribution is 2.14. The van der Waals surface area contributed by atoms with Crippen molar-refractivity contribution >= 4 is 22.8 Å². The number of fused-ring (bicyclic) bond motifs is 1. The third-order valence-corrected chi connectivity index (χ3v) is 3.47. The van der Waals surface area contributed by atoms with E-state index in [0.29, 0.717) is 23.6 Å². The van der Waals surface area contributed by atoms with Crippen LogP contribution in [0.5, 0.6) is 0 Å². The Morgan fingerprint density at radius 1 is 1.29 bits per heavy atom. The molecule has 0 spiro atoms. The summed E-state index contributed by atoms with van der Waals surface area (Å²) in [5, 5.41) is 8.16. The van der Waals surface area contributed by atoms with Gasteiger partial charge in [0.05, 0.1) is 5.69 Å². The lowest BCUT2D eigenvalue weighted by molar-refractivity contribution is 0.688. The summed E-state index contributed by atoms with van der Waals surface area (Å²) in [6.07, 6.45) is 3.55. The maximum Gasteiger partial charge on any atom is 0.276 e. The molecule has 3 rings (SSSR count). The highest BCUT2D eigenvalue weighted by Gasteiger charge is 2.05. The summed E-state index contributed by atoms with van der Waals surface area (Å²) in [5.74, 6) is 0. The van der Waals surface area contributed by atoms with Crippen molar-refractivity contribution in [1.82, 2.24) is 14.2 Å². The molecule has 0 aliphatic carbocycles. The zero-order chi connectivity index (χ0) is 14.8. The Balaban J connectivity index is 1.73. The van der Waals surface area contributed by atoms with Gasteiger partial charge in [0.15, 0.2) is 0 Å². The summed E-state index contributed by atoms with van der Waals surface area (Å²) in [4.78, 5) is 12.3. The van der Waals surface area contributed by atoms with E-state index in [0.717, 1.165) is 11.4 Å². The first-order valence-corrected chi connectivity index (χ1v) is 7.06. The second-order valence-electron chi connectivity index (χ2n) is 4.85. The predicted molar refractivity (Wildman–Crippen MR) is 84.1 cm³/mol. The molecule has 0 fully saturated rings. The highest BCUT2D eigenvalue weighted by molar-refractivity contribution is 6.30. The quantitative estimate of drug-likeness (QED) is 0.806. The van der Waals surface area contributed by atoms with Crippen molar-refractivity contribution in [2.24, 2.45) is 0 Å². The Morgan fingerprint density at radius 2 is 2.14 bits per heavy atom. The zero-order valence-corrected chi connectivity index (χ0v) is 12.3. The van der Waals surface area contributed by atoms with Gasteiger partial charge in [-0.3, -0.25) is 4.79 Å². The molecular formula is C15H15ClN4O. The van der Waals surface area contributed by atoms with E-state index in [9.17, 15) is 4.79 Å². The largest absolute Gasteiger partial charge is 0.383 e. The van der Waals surface area contributed by atoms with Gasteiger partial charge in [0, 0.05) is 36.2 Å². The summed E-state index contributed by atoms with van der Waals surface area (Å²) >= 11 is 5.93. The van der Waals surface area contributed by atoms with Crippen LogP contribution >= 0.6 is 11.6 Å². The summed E-state index contributed by atoms with van der Waals surface area (Å²) in [7, 11) is 0. The van der Waals surface area contributed by atoms with Gasteiger partial charge in [-0.2, -0.15) is 5.10 Å². The van der Waals surface area contributed by atoms with Crippen LogP contribution < -0.4 is 10.9 Å². The summed E-state index contributed by atoms with van der Waals surface area (Å²) in [5.41, 5.74) is 2.34. The molecule has 1 N–H and O–H groups in total. The molecule has 1 aromatic carbocycles. The van der Waals surface area contributed by atoms with Crippen molar-refractivity contribution in [3.63, 3.8) is 0 Å². The van der Waals surface area contributed by atoms with Gasteiger partial charge < -0.3 is 9.88 Å².